The van der Waals surface area contributed by atoms with E-state index in [1.54, 1.807) is 6.21 Å². The fraction of sp³-hybridized carbons (Fsp3) is 0.0476. The third kappa shape index (κ3) is 3.28. The Morgan fingerprint density at radius 3 is 2.32 bits per heavy atom. The predicted octanol–water partition coefficient (Wildman–Crippen LogP) is 5.19. The summed E-state index contributed by atoms with van der Waals surface area (Å²) >= 11 is 0. The van der Waals surface area contributed by atoms with Gasteiger partial charge in [-0.05, 0) is 31.2 Å². The summed E-state index contributed by atoms with van der Waals surface area (Å²) in [7, 11) is 0. The van der Waals surface area contributed by atoms with Crippen LogP contribution in [-0.4, -0.2) is 16.0 Å². The van der Waals surface area contributed by atoms with E-state index >= 15 is 0 Å². The largest absolute Gasteiger partial charge is 0.460 e. The van der Waals surface area contributed by atoms with E-state index in [1.165, 1.54) is 0 Å². The van der Waals surface area contributed by atoms with E-state index in [1.807, 2.05) is 90.6 Å². The smallest absolute Gasteiger partial charge is 0.145 e. The monoisotopic (exact) mass is 327 g/mol. The van der Waals surface area contributed by atoms with Crippen LogP contribution in [0.15, 0.2) is 88.4 Å². The van der Waals surface area contributed by atoms with Crippen molar-refractivity contribution in [3.05, 3.63) is 90.5 Å². The number of furan rings is 1. The van der Waals surface area contributed by atoms with Gasteiger partial charge in [0, 0.05) is 5.56 Å². The molecule has 2 aromatic carbocycles. The van der Waals surface area contributed by atoms with Gasteiger partial charge in [0.2, 0.25) is 0 Å². The van der Waals surface area contributed by atoms with E-state index in [9.17, 15) is 0 Å². The van der Waals surface area contributed by atoms with Crippen LogP contribution >= 0.6 is 0 Å². The van der Waals surface area contributed by atoms with Crippen LogP contribution in [0.4, 0.5) is 5.69 Å². The van der Waals surface area contributed by atoms with Crippen molar-refractivity contribution >= 4 is 11.9 Å². The van der Waals surface area contributed by atoms with Crippen molar-refractivity contribution in [1.82, 2.24) is 9.78 Å². The van der Waals surface area contributed by atoms with Gasteiger partial charge in [0.1, 0.15) is 22.9 Å². The molecule has 0 aliphatic carbocycles. The van der Waals surface area contributed by atoms with E-state index < -0.39 is 0 Å². The maximum Gasteiger partial charge on any atom is 0.145 e. The second-order valence-corrected chi connectivity index (χ2v) is 5.72. The lowest BCUT2D eigenvalue weighted by atomic mass is 10.1. The van der Waals surface area contributed by atoms with Crippen molar-refractivity contribution in [2.24, 2.45) is 4.99 Å². The van der Waals surface area contributed by atoms with Gasteiger partial charge in [0.25, 0.3) is 0 Å². The van der Waals surface area contributed by atoms with Crippen LogP contribution < -0.4 is 0 Å². The Morgan fingerprint density at radius 1 is 0.920 bits per heavy atom. The Morgan fingerprint density at radius 2 is 1.64 bits per heavy atom. The summed E-state index contributed by atoms with van der Waals surface area (Å²) in [4.78, 5) is 4.61. The molecule has 122 valence electrons. The van der Waals surface area contributed by atoms with Gasteiger partial charge in [-0.3, -0.25) is 0 Å². The maximum atomic E-state index is 5.57. The predicted molar refractivity (Wildman–Crippen MR) is 99.7 cm³/mol. The Hall–Kier alpha value is -3.40. The molecule has 0 atom stereocenters. The first-order valence-electron chi connectivity index (χ1n) is 8.10. The fourth-order valence-electron chi connectivity index (χ4n) is 2.63. The summed E-state index contributed by atoms with van der Waals surface area (Å²) in [5, 5.41) is 4.74. The molecule has 0 unspecified atom stereocenters. The molecule has 25 heavy (non-hydrogen) atoms. The third-order valence-corrected chi connectivity index (χ3v) is 3.85. The SMILES string of the molecule is Cc1ccc(C=Nc2cn(-c3ccccc3)nc2-c2ccccc2)o1. The minimum Gasteiger partial charge on any atom is -0.460 e. The van der Waals surface area contributed by atoms with Crippen LogP contribution in [0.5, 0.6) is 0 Å². The molecular formula is C21H17N3O. The molecule has 4 heteroatoms. The number of hydrogen-bond donors (Lipinski definition) is 0. The van der Waals surface area contributed by atoms with Crippen LogP contribution in [-0.2, 0) is 0 Å². The summed E-state index contributed by atoms with van der Waals surface area (Å²) in [6.45, 7) is 1.92. The van der Waals surface area contributed by atoms with E-state index in [4.69, 9.17) is 9.52 Å². The molecule has 0 amide bonds. The Bertz CT molecular complexity index is 998. The number of aromatic nitrogens is 2. The topological polar surface area (TPSA) is 43.3 Å². The van der Waals surface area contributed by atoms with Crippen molar-refractivity contribution in [2.75, 3.05) is 0 Å². The molecule has 4 rings (SSSR count). The van der Waals surface area contributed by atoms with Crippen molar-refractivity contribution in [3.63, 3.8) is 0 Å². The van der Waals surface area contributed by atoms with Gasteiger partial charge in [0.15, 0.2) is 0 Å². The van der Waals surface area contributed by atoms with Crippen molar-refractivity contribution in [1.29, 1.82) is 0 Å². The lowest BCUT2D eigenvalue weighted by Crippen LogP contribution is -1.93. The number of hydrogen-bond acceptors (Lipinski definition) is 3. The molecule has 0 saturated carbocycles. The fourth-order valence-corrected chi connectivity index (χ4v) is 2.63. The third-order valence-electron chi connectivity index (χ3n) is 3.85. The molecule has 4 aromatic rings. The molecule has 0 aliphatic rings. The van der Waals surface area contributed by atoms with Crippen LogP contribution in [0.3, 0.4) is 0 Å². The number of para-hydroxylation sites is 1. The van der Waals surface area contributed by atoms with E-state index in [-0.39, 0.29) is 0 Å². The molecule has 0 saturated heterocycles. The lowest BCUT2D eigenvalue weighted by molar-refractivity contribution is 0.528. The zero-order valence-corrected chi connectivity index (χ0v) is 13.8. The highest BCUT2D eigenvalue weighted by atomic mass is 16.3. The van der Waals surface area contributed by atoms with Gasteiger partial charge in [-0.2, -0.15) is 5.10 Å². The standard InChI is InChI=1S/C21H17N3O/c1-16-12-13-19(25-16)14-22-20-15-24(18-10-6-3-7-11-18)23-21(20)17-8-4-2-5-9-17/h2-15H,1H3. The average molecular weight is 327 g/mol. The van der Waals surface area contributed by atoms with Crippen LogP contribution in [0.1, 0.15) is 11.5 Å². The number of benzene rings is 2. The molecule has 0 aliphatic heterocycles. The van der Waals surface area contributed by atoms with Crippen molar-refractivity contribution in [2.45, 2.75) is 6.92 Å². The highest BCUT2D eigenvalue weighted by Crippen LogP contribution is 2.30. The molecule has 0 radical (unpaired) electrons. The number of aliphatic imine (C=N–C) groups is 1. The molecular weight excluding hydrogens is 310 g/mol. The summed E-state index contributed by atoms with van der Waals surface area (Å²) in [5.74, 6) is 1.59. The zero-order valence-electron chi connectivity index (χ0n) is 13.8. The van der Waals surface area contributed by atoms with Gasteiger partial charge in [0.05, 0.1) is 18.1 Å². The number of nitrogens with zero attached hydrogens (tertiary/aromatic N) is 3. The Kier molecular flexibility index (Phi) is 4.01. The van der Waals surface area contributed by atoms with E-state index in [0.29, 0.717) is 0 Å². The summed E-state index contributed by atoms with van der Waals surface area (Å²) in [5.41, 5.74) is 3.66. The van der Waals surface area contributed by atoms with Gasteiger partial charge in [-0.15, -0.1) is 0 Å². The highest BCUT2D eigenvalue weighted by Gasteiger charge is 2.11. The highest BCUT2D eigenvalue weighted by molar-refractivity contribution is 5.82. The summed E-state index contributed by atoms with van der Waals surface area (Å²) in [6, 6.07) is 23.9. The minimum absolute atomic E-state index is 0.726. The molecule has 0 spiro atoms. The van der Waals surface area contributed by atoms with Crippen LogP contribution in [0, 0.1) is 6.92 Å². The van der Waals surface area contributed by atoms with Gasteiger partial charge >= 0.3 is 0 Å². The average Bonchev–Trinajstić information content (AvgIpc) is 3.28. The first kappa shape index (κ1) is 15.1. The first-order chi connectivity index (χ1) is 12.3. The van der Waals surface area contributed by atoms with Crippen molar-refractivity contribution < 1.29 is 4.42 Å². The molecule has 0 N–H and O–H groups in total. The normalized spacial score (nSPS) is 11.2. The molecule has 4 nitrogen and oxygen atoms in total. The molecule has 2 aromatic heterocycles. The summed E-state index contributed by atoms with van der Waals surface area (Å²) < 4.78 is 7.42. The Labute approximate surface area is 146 Å². The van der Waals surface area contributed by atoms with E-state index in [2.05, 4.69) is 4.99 Å². The Balaban J connectivity index is 1.78. The van der Waals surface area contributed by atoms with Crippen LogP contribution in [0.25, 0.3) is 16.9 Å². The van der Waals surface area contributed by atoms with Gasteiger partial charge in [-0.25, -0.2) is 9.67 Å². The number of rotatable bonds is 4. The van der Waals surface area contributed by atoms with Crippen LogP contribution in [0.2, 0.25) is 0 Å². The first-order valence-corrected chi connectivity index (χ1v) is 8.10. The maximum absolute atomic E-state index is 5.57. The van der Waals surface area contributed by atoms with E-state index in [0.717, 1.165) is 34.2 Å². The van der Waals surface area contributed by atoms with Crippen molar-refractivity contribution in [3.8, 4) is 16.9 Å². The van der Waals surface area contributed by atoms with Gasteiger partial charge < -0.3 is 4.42 Å². The zero-order chi connectivity index (χ0) is 17.1. The second kappa shape index (κ2) is 6.61. The number of aryl methyl sites for hydroxylation is 1. The van der Waals surface area contributed by atoms with Gasteiger partial charge in [-0.1, -0.05) is 48.5 Å². The molecule has 0 bridgehead atoms. The molecule has 0 fully saturated rings. The lowest BCUT2D eigenvalue weighted by Gasteiger charge is -1.99. The minimum atomic E-state index is 0.726. The summed E-state index contributed by atoms with van der Waals surface area (Å²) in [6.07, 6.45) is 3.66. The molecule has 2 heterocycles. The second-order valence-electron chi connectivity index (χ2n) is 5.72. The quantitative estimate of drug-likeness (QED) is 0.484.